The van der Waals surface area contributed by atoms with Gasteiger partial charge < -0.3 is 4.74 Å². The molecular weight excluding hydrogens is 480 g/mol. The first-order valence-corrected chi connectivity index (χ1v) is 9.97. The Morgan fingerprint density at radius 3 is 2.32 bits per heavy atom. The summed E-state index contributed by atoms with van der Waals surface area (Å²) in [5.74, 6) is 0.661. The molecule has 0 saturated carbocycles. The molecule has 0 bridgehead atoms. The largest absolute Gasteiger partial charge is 0.487 e. The topological polar surface area (TPSA) is 56.8 Å². The summed E-state index contributed by atoms with van der Waals surface area (Å²) in [5, 5.41) is 18.6. The molecule has 0 atom stereocenters. The first-order valence-electron chi connectivity index (χ1n) is 8.39. The van der Waals surface area contributed by atoms with E-state index in [2.05, 4.69) is 44.0 Å². The van der Waals surface area contributed by atoms with Gasteiger partial charge in [0.15, 0.2) is 0 Å². The van der Waals surface area contributed by atoms with Gasteiger partial charge in [-0.15, -0.1) is 0 Å². The molecule has 0 aliphatic heterocycles. The predicted molar refractivity (Wildman–Crippen MR) is 117 cm³/mol. The number of benzene rings is 3. The molecule has 0 N–H and O–H groups in total. The third-order valence-corrected chi connectivity index (χ3v) is 5.06. The summed E-state index contributed by atoms with van der Waals surface area (Å²) in [5.41, 5.74) is 3.61. The molecule has 28 heavy (non-hydrogen) atoms. The summed E-state index contributed by atoms with van der Waals surface area (Å²) >= 11 is 7.05. The Hall–Kier alpha value is -2.86. The molecule has 0 heterocycles. The van der Waals surface area contributed by atoms with E-state index in [1.165, 1.54) is 0 Å². The second-order valence-electron chi connectivity index (χ2n) is 5.94. The quantitative estimate of drug-likeness (QED) is 0.292. The van der Waals surface area contributed by atoms with Crippen molar-refractivity contribution in [2.45, 2.75) is 6.61 Å². The molecule has 3 aromatic carbocycles. The van der Waals surface area contributed by atoms with Gasteiger partial charge in [0.25, 0.3) is 0 Å². The molecule has 0 aliphatic carbocycles. The number of ether oxygens (including phenoxy) is 1. The number of nitrogens with zero attached hydrogens (tertiary/aromatic N) is 2. The summed E-state index contributed by atoms with van der Waals surface area (Å²) in [6, 6.07) is 25.0. The van der Waals surface area contributed by atoms with E-state index in [1.54, 1.807) is 30.3 Å². The second-order valence-corrected chi connectivity index (χ2v) is 7.71. The molecule has 136 valence electrons. The van der Waals surface area contributed by atoms with E-state index in [9.17, 15) is 5.26 Å². The van der Waals surface area contributed by atoms with E-state index in [1.807, 2.05) is 42.5 Å². The first-order chi connectivity index (χ1) is 13.6. The molecule has 0 radical (unpaired) electrons. The molecule has 5 heteroatoms. The molecule has 0 spiro atoms. The summed E-state index contributed by atoms with van der Waals surface area (Å²) in [4.78, 5) is 0. The van der Waals surface area contributed by atoms with Crippen LogP contribution in [0.3, 0.4) is 0 Å². The van der Waals surface area contributed by atoms with Crippen LogP contribution in [0.1, 0.15) is 22.3 Å². The lowest BCUT2D eigenvalue weighted by Crippen LogP contribution is -1.98. The van der Waals surface area contributed by atoms with E-state index in [0.717, 1.165) is 25.6 Å². The van der Waals surface area contributed by atoms with Gasteiger partial charge >= 0.3 is 0 Å². The summed E-state index contributed by atoms with van der Waals surface area (Å²) in [6.45, 7) is 0.417. The number of halogens is 2. The molecule has 0 amide bonds. The van der Waals surface area contributed by atoms with Crippen LogP contribution in [0.2, 0.25) is 0 Å². The van der Waals surface area contributed by atoms with Crippen LogP contribution in [-0.4, -0.2) is 0 Å². The zero-order valence-electron chi connectivity index (χ0n) is 14.7. The van der Waals surface area contributed by atoms with Crippen molar-refractivity contribution in [3.05, 3.63) is 97.9 Å². The van der Waals surface area contributed by atoms with Gasteiger partial charge in [-0.2, -0.15) is 10.5 Å². The lowest BCUT2D eigenvalue weighted by molar-refractivity contribution is 0.303. The monoisotopic (exact) mass is 492 g/mol. The van der Waals surface area contributed by atoms with Crippen LogP contribution in [0.25, 0.3) is 11.6 Å². The summed E-state index contributed by atoms with van der Waals surface area (Å²) < 4.78 is 7.72. The first kappa shape index (κ1) is 19.9. The highest BCUT2D eigenvalue weighted by Crippen LogP contribution is 2.36. The standard InChI is InChI=1S/C23H14Br2N2O/c24-21-11-19(10-20(14-27)18-8-6-16(13-26)7-9-18)23(22(25)12-21)28-15-17-4-2-1-3-5-17/h1-12H,15H2/b20-10-. The number of hydrogen-bond donors (Lipinski definition) is 0. The minimum absolute atomic E-state index is 0.417. The molecule has 3 aromatic rings. The lowest BCUT2D eigenvalue weighted by atomic mass is 10.0. The fourth-order valence-electron chi connectivity index (χ4n) is 2.63. The van der Waals surface area contributed by atoms with Crippen molar-refractivity contribution in [1.29, 1.82) is 10.5 Å². The maximum atomic E-state index is 9.66. The predicted octanol–water partition coefficient (Wildman–Crippen LogP) is 6.73. The van der Waals surface area contributed by atoms with E-state index < -0.39 is 0 Å². The minimum atomic E-state index is 0.417. The van der Waals surface area contributed by atoms with Gasteiger partial charge in [0.1, 0.15) is 12.4 Å². The Kier molecular flexibility index (Phi) is 6.66. The Labute approximate surface area is 180 Å². The van der Waals surface area contributed by atoms with Crippen LogP contribution < -0.4 is 4.74 Å². The van der Waals surface area contributed by atoms with Gasteiger partial charge in [-0.3, -0.25) is 0 Å². The fraction of sp³-hybridized carbons (Fsp3) is 0.0435. The fourth-order valence-corrected chi connectivity index (χ4v) is 4.00. The average Bonchev–Trinajstić information content (AvgIpc) is 2.72. The summed E-state index contributed by atoms with van der Waals surface area (Å²) in [7, 11) is 0. The van der Waals surface area contributed by atoms with Crippen LogP contribution in [0.4, 0.5) is 0 Å². The van der Waals surface area contributed by atoms with Gasteiger partial charge in [-0.05, 0) is 57.4 Å². The number of rotatable bonds is 5. The van der Waals surface area contributed by atoms with Crippen molar-refractivity contribution >= 4 is 43.5 Å². The molecule has 0 aliphatic rings. The van der Waals surface area contributed by atoms with Gasteiger partial charge in [-0.25, -0.2) is 0 Å². The van der Waals surface area contributed by atoms with Gasteiger partial charge in [0.05, 0.1) is 27.7 Å². The Balaban J connectivity index is 1.98. The van der Waals surface area contributed by atoms with Crippen LogP contribution in [0.15, 0.2) is 75.7 Å². The highest BCUT2D eigenvalue weighted by molar-refractivity contribution is 9.11. The zero-order chi connectivity index (χ0) is 19.9. The van der Waals surface area contributed by atoms with Crippen LogP contribution in [-0.2, 0) is 6.61 Å². The van der Waals surface area contributed by atoms with Gasteiger partial charge in [-0.1, -0.05) is 58.4 Å². The Morgan fingerprint density at radius 2 is 1.68 bits per heavy atom. The Bertz CT molecular complexity index is 1090. The van der Waals surface area contributed by atoms with Crippen molar-refractivity contribution in [1.82, 2.24) is 0 Å². The Morgan fingerprint density at radius 1 is 0.964 bits per heavy atom. The molecule has 0 fully saturated rings. The van der Waals surface area contributed by atoms with Crippen LogP contribution in [0.5, 0.6) is 5.75 Å². The molecule has 0 unspecified atom stereocenters. The van der Waals surface area contributed by atoms with Crippen LogP contribution >= 0.6 is 31.9 Å². The zero-order valence-corrected chi connectivity index (χ0v) is 17.9. The third kappa shape index (κ3) is 4.89. The highest BCUT2D eigenvalue weighted by Gasteiger charge is 2.11. The van der Waals surface area contributed by atoms with Crippen molar-refractivity contribution in [3.8, 4) is 17.9 Å². The number of nitriles is 2. The van der Waals surface area contributed by atoms with Gasteiger partial charge in [0, 0.05) is 10.0 Å². The van der Waals surface area contributed by atoms with E-state index in [-0.39, 0.29) is 0 Å². The minimum Gasteiger partial charge on any atom is -0.487 e. The van der Waals surface area contributed by atoms with E-state index in [0.29, 0.717) is 23.5 Å². The van der Waals surface area contributed by atoms with Crippen molar-refractivity contribution in [2.75, 3.05) is 0 Å². The van der Waals surface area contributed by atoms with Gasteiger partial charge in [0.2, 0.25) is 0 Å². The smallest absolute Gasteiger partial charge is 0.141 e. The SMILES string of the molecule is N#C/C(=C/c1cc(Br)cc(Br)c1OCc1ccccc1)c1ccc(C#N)cc1. The molecule has 3 nitrogen and oxygen atoms in total. The maximum Gasteiger partial charge on any atom is 0.141 e. The number of allylic oxidation sites excluding steroid dienone is 1. The third-order valence-electron chi connectivity index (χ3n) is 4.01. The molecule has 3 rings (SSSR count). The molecular formula is C23H14Br2N2O. The number of hydrogen-bond acceptors (Lipinski definition) is 3. The maximum absolute atomic E-state index is 9.66. The van der Waals surface area contributed by atoms with E-state index in [4.69, 9.17) is 10.00 Å². The second kappa shape index (κ2) is 9.37. The lowest BCUT2D eigenvalue weighted by Gasteiger charge is -2.13. The van der Waals surface area contributed by atoms with Crippen molar-refractivity contribution in [2.24, 2.45) is 0 Å². The summed E-state index contributed by atoms with van der Waals surface area (Å²) in [6.07, 6.45) is 1.79. The normalized spacial score (nSPS) is 10.8. The van der Waals surface area contributed by atoms with Crippen molar-refractivity contribution < 1.29 is 4.74 Å². The molecule has 0 saturated heterocycles. The molecule has 0 aromatic heterocycles. The average molecular weight is 494 g/mol. The van der Waals surface area contributed by atoms with Crippen LogP contribution in [0, 0.1) is 22.7 Å². The van der Waals surface area contributed by atoms with Crippen molar-refractivity contribution in [3.63, 3.8) is 0 Å². The van der Waals surface area contributed by atoms with E-state index >= 15 is 0 Å². The highest BCUT2D eigenvalue weighted by atomic mass is 79.9.